The SMILES string of the molecule is O=C1C[C@]2(CCN(C(=O)C3(c4ccc(F)cc4)CCOCC3)C2)C(=O)N1. The number of halogens is 1. The fourth-order valence-corrected chi connectivity index (χ4v) is 4.48. The highest BCUT2D eigenvalue weighted by molar-refractivity contribution is 6.06. The van der Waals surface area contributed by atoms with E-state index in [4.69, 9.17) is 4.74 Å². The summed E-state index contributed by atoms with van der Waals surface area (Å²) in [7, 11) is 0. The summed E-state index contributed by atoms with van der Waals surface area (Å²) in [6.45, 7) is 1.62. The summed E-state index contributed by atoms with van der Waals surface area (Å²) in [5.41, 5.74) is -0.779. The maximum atomic E-state index is 13.5. The molecule has 1 spiro atoms. The Hall–Kier alpha value is -2.28. The van der Waals surface area contributed by atoms with E-state index in [-0.39, 0.29) is 36.5 Å². The van der Waals surface area contributed by atoms with Crippen molar-refractivity contribution in [1.29, 1.82) is 0 Å². The molecule has 1 atom stereocenters. The first-order valence-corrected chi connectivity index (χ1v) is 8.93. The fraction of sp³-hybridized carbons (Fsp3) is 0.526. The molecule has 26 heavy (non-hydrogen) atoms. The van der Waals surface area contributed by atoms with E-state index in [2.05, 4.69) is 5.32 Å². The minimum absolute atomic E-state index is 0.0589. The highest BCUT2D eigenvalue weighted by Crippen LogP contribution is 2.42. The van der Waals surface area contributed by atoms with Crippen LogP contribution in [-0.2, 0) is 24.5 Å². The van der Waals surface area contributed by atoms with Gasteiger partial charge in [-0.25, -0.2) is 4.39 Å². The lowest BCUT2D eigenvalue weighted by molar-refractivity contribution is -0.141. The number of hydrogen-bond donors (Lipinski definition) is 1. The van der Waals surface area contributed by atoms with Gasteiger partial charge in [-0.3, -0.25) is 19.7 Å². The molecule has 1 aromatic rings. The Morgan fingerprint density at radius 3 is 2.42 bits per heavy atom. The second kappa shape index (κ2) is 6.16. The quantitative estimate of drug-likeness (QED) is 0.803. The number of amides is 3. The zero-order valence-electron chi connectivity index (χ0n) is 14.4. The molecule has 0 bridgehead atoms. The Morgan fingerprint density at radius 2 is 1.81 bits per heavy atom. The van der Waals surface area contributed by atoms with Crippen LogP contribution in [-0.4, -0.2) is 48.9 Å². The van der Waals surface area contributed by atoms with E-state index < -0.39 is 10.8 Å². The predicted molar refractivity (Wildman–Crippen MR) is 89.5 cm³/mol. The fourth-order valence-electron chi connectivity index (χ4n) is 4.48. The summed E-state index contributed by atoms with van der Waals surface area (Å²) < 4.78 is 18.8. The van der Waals surface area contributed by atoms with Crippen LogP contribution in [0.5, 0.6) is 0 Å². The molecular weight excluding hydrogens is 339 g/mol. The third kappa shape index (κ3) is 2.61. The molecule has 1 aromatic carbocycles. The Bertz CT molecular complexity index is 757. The zero-order chi connectivity index (χ0) is 18.4. The molecule has 1 N–H and O–H groups in total. The number of rotatable bonds is 2. The van der Waals surface area contributed by atoms with Gasteiger partial charge in [0.2, 0.25) is 17.7 Å². The average molecular weight is 360 g/mol. The molecule has 3 fully saturated rings. The van der Waals surface area contributed by atoms with Crippen molar-refractivity contribution in [2.45, 2.75) is 31.1 Å². The Labute approximate surface area is 150 Å². The topological polar surface area (TPSA) is 75.7 Å². The van der Waals surface area contributed by atoms with Crippen molar-refractivity contribution >= 4 is 17.7 Å². The number of nitrogens with zero attached hydrogens (tertiary/aromatic N) is 1. The van der Waals surface area contributed by atoms with Gasteiger partial charge in [0, 0.05) is 32.7 Å². The van der Waals surface area contributed by atoms with Gasteiger partial charge in [-0.15, -0.1) is 0 Å². The standard InChI is InChI=1S/C19H21FN2O4/c20-14-3-1-13(2-4-14)19(6-9-26-10-7-19)17(25)22-8-5-18(12-22)11-15(23)21-16(18)24/h1-4H,5-12H2,(H,21,23,24)/t18-/m0/s1. The molecule has 0 saturated carbocycles. The molecular formula is C19H21FN2O4. The molecule has 0 radical (unpaired) electrons. The van der Waals surface area contributed by atoms with Crippen molar-refractivity contribution in [2.24, 2.45) is 5.41 Å². The van der Waals surface area contributed by atoms with E-state index in [1.807, 2.05) is 0 Å². The van der Waals surface area contributed by atoms with Gasteiger partial charge in [-0.1, -0.05) is 12.1 Å². The summed E-state index contributed by atoms with van der Waals surface area (Å²) in [6, 6.07) is 6.06. The van der Waals surface area contributed by atoms with Gasteiger partial charge in [0.15, 0.2) is 0 Å². The van der Waals surface area contributed by atoms with Crippen LogP contribution in [0.25, 0.3) is 0 Å². The number of likely N-dealkylation sites (tertiary alicyclic amines) is 1. The van der Waals surface area contributed by atoms with Crippen molar-refractivity contribution in [3.8, 4) is 0 Å². The molecule has 3 aliphatic rings. The van der Waals surface area contributed by atoms with Crippen LogP contribution in [0, 0.1) is 11.2 Å². The maximum Gasteiger partial charge on any atom is 0.235 e. The van der Waals surface area contributed by atoms with Crippen LogP contribution in [0.3, 0.4) is 0 Å². The number of imide groups is 1. The molecule has 6 nitrogen and oxygen atoms in total. The van der Waals surface area contributed by atoms with Crippen molar-refractivity contribution in [3.63, 3.8) is 0 Å². The van der Waals surface area contributed by atoms with Crippen molar-refractivity contribution in [3.05, 3.63) is 35.6 Å². The number of hydrogen-bond acceptors (Lipinski definition) is 4. The van der Waals surface area contributed by atoms with Gasteiger partial charge in [-0.05, 0) is 37.0 Å². The van der Waals surface area contributed by atoms with Crippen LogP contribution >= 0.6 is 0 Å². The molecule has 7 heteroatoms. The first-order valence-electron chi connectivity index (χ1n) is 8.93. The van der Waals surface area contributed by atoms with E-state index in [9.17, 15) is 18.8 Å². The molecule has 3 amide bonds. The van der Waals surface area contributed by atoms with Crippen LogP contribution in [0.15, 0.2) is 24.3 Å². The van der Waals surface area contributed by atoms with E-state index in [0.717, 1.165) is 5.56 Å². The van der Waals surface area contributed by atoms with Crippen LogP contribution in [0.1, 0.15) is 31.2 Å². The molecule has 3 aliphatic heterocycles. The molecule has 4 rings (SSSR count). The smallest absolute Gasteiger partial charge is 0.235 e. The van der Waals surface area contributed by atoms with E-state index in [0.29, 0.717) is 39.0 Å². The number of carbonyl (C=O) groups is 3. The number of nitrogens with one attached hydrogen (secondary N) is 1. The Kier molecular flexibility index (Phi) is 4.06. The van der Waals surface area contributed by atoms with E-state index in [1.54, 1.807) is 17.0 Å². The summed E-state index contributed by atoms with van der Waals surface area (Å²) in [4.78, 5) is 39.0. The molecule has 0 aromatic heterocycles. The first kappa shape index (κ1) is 17.1. The third-order valence-electron chi connectivity index (χ3n) is 6.03. The Balaban J connectivity index is 1.63. The first-order chi connectivity index (χ1) is 12.5. The number of carbonyl (C=O) groups excluding carboxylic acids is 3. The third-order valence-corrected chi connectivity index (χ3v) is 6.03. The lowest BCUT2D eigenvalue weighted by atomic mass is 9.73. The van der Waals surface area contributed by atoms with Gasteiger partial charge in [0.05, 0.1) is 10.8 Å². The normalized spacial score (nSPS) is 27.8. The predicted octanol–water partition coefficient (Wildman–Crippen LogP) is 1.14. The van der Waals surface area contributed by atoms with Gasteiger partial charge in [-0.2, -0.15) is 0 Å². The largest absolute Gasteiger partial charge is 0.381 e. The van der Waals surface area contributed by atoms with E-state index in [1.165, 1.54) is 12.1 Å². The van der Waals surface area contributed by atoms with Crippen LogP contribution in [0.4, 0.5) is 4.39 Å². The average Bonchev–Trinajstić information content (AvgIpc) is 3.18. The Morgan fingerprint density at radius 1 is 1.12 bits per heavy atom. The minimum atomic E-state index is -0.790. The summed E-state index contributed by atoms with van der Waals surface area (Å²) in [5.74, 6) is -0.953. The van der Waals surface area contributed by atoms with Gasteiger partial charge >= 0.3 is 0 Å². The molecule has 0 aliphatic carbocycles. The highest BCUT2D eigenvalue weighted by atomic mass is 19.1. The summed E-state index contributed by atoms with van der Waals surface area (Å²) >= 11 is 0. The van der Waals surface area contributed by atoms with Crippen LogP contribution in [0.2, 0.25) is 0 Å². The van der Waals surface area contributed by atoms with Crippen LogP contribution < -0.4 is 5.32 Å². The van der Waals surface area contributed by atoms with Crippen molar-refractivity contribution in [1.82, 2.24) is 10.2 Å². The molecule has 3 heterocycles. The lowest BCUT2D eigenvalue weighted by Gasteiger charge is -2.39. The van der Waals surface area contributed by atoms with Gasteiger partial charge in [0.1, 0.15) is 5.82 Å². The summed E-state index contributed by atoms with van der Waals surface area (Å²) in [5, 5.41) is 2.36. The van der Waals surface area contributed by atoms with Crippen molar-refractivity contribution < 1.29 is 23.5 Å². The number of ether oxygens (including phenoxy) is 1. The second-order valence-corrected chi connectivity index (χ2v) is 7.51. The van der Waals surface area contributed by atoms with Gasteiger partial charge < -0.3 is 9.64 Å². The zero-order valence-corrected chi connectivity index (χ0v) is 14.4. The minimum Gasteiger partial charge on any atom is -0.381 e. The monoisotopic (exact) mass is 360 g/mol. The molecule has 0 unspecified atom stereocenters. The highest BCUT2D eigenvalue weighted by Gasteiger charge is 2.54. The number of benzene rings is 1. The van der Waals surface area contributed by atoms with Crippen molar-refractivity contribution in [2.75, 3.05) is 26.3 Å². The maximum absolute atomic E-state index is 13.5. The summed E-state index contributed by atoms with van der Waals surface area (Å²) in [6.07, 6.45) is 1.67. The molecule has 138 valence electrons. The molecule has 3 saturated heterocycles. The van der Waals surface area contributed by atoms with E-state index >= 15 is 0 Å². The van der Waals surface area contributed by atoms with Gasteiger partial charge in [0.25, 0.3) is 0 Å². The second-order valence-electron chi connectivity index (χ2n) is 7.51. The lowest BCUT2D eigenvalue weighted by Crippen LogP contribution is -2.50.